The van der Waals surface area contributed by atoms with Crippen molar-refractivity contribution in [3.05, 3.63) is 87.5 Å². The summed E-state index contributed by atoms with van der Waals surface area (Å²) in [7, 11) is 1.63. The van der Waals surface area contributed by atoms with Gasteiger partial charge in [0.25, 0.3) is 5.56 Å². The first kappa shape index (κ1) is 20.1. The summed E-state index contributed by atoms with van der Waals surface area (Å²) < 4.78 is 6.68. The van der Waals surface area contributed by atoms with Crippen LogP contribution in [0.2, 0.25) is 0 Å². The van der Waals surface area contributed by atoms with E-state index in [1.165, 1.54) is 27.4 Å². The van der Waals surface area contributed by atoms with Crippen LogP contribution in [0.25, 0.3) is 27.6 Å². The molecule has 0 unspecified atom stereocenters. The number of aromatic amines is 1. The van der Waals surface area contributed by atoms with Gasteiger partial charge in [0.05, 0.1) is 24.1 Å². The number of benzene rings is 2. The average Bonchev–Trinajstić information content (AvgIpc) is 3.59. The van der Waals surface area contributed by atoms with Gasteiger partial charge in [-0.05, 0) is 24.3 Å². The zero-order valence-electron chi connectivity index (χ0n) is 16.9. The Morgan fingerprint density at radius 3 is 2.59 bits per heavy atom. The highest BCUT2D eigenvalue weighted by Gasteiger charge is 2.18. The van der Waals surface area contributed by atoms with Gasteiger partial charge in [-0.3, -0.25) is 9.89 Å². The molecule has 0 fully saturated rings. The Morgan fingerprint density at radius 2 is 1.88 bits per heavy atom. The lowest BCUT2D eigenvalue weighted by Gasteiger charge is -2.01. The standard InChI is InChI=1S/C23H17N5O2S2/c1-30-17-9-7-15(8-10-17)19-14-32-23(26-19)28-21(29)18(13-25-22-24-11-12-31-22)20(27-28)16-5-3-2-4-6-16/h2-14,27H,1H3. The summed E-state index contributed by atoms with van der Waals surface area (Å²) in [5.74, 6) is 0.779. The molecule has 0 bridgehead atoms. The lowest BCUT2D eigenvalue weighted by atomic mass is 10.1. The molecule has 0 aliphatic heterocycles. The molecule has 9 heteroatoms. The van der Waals surface area contributed by atoms with Crippen molar-refractivity contribution in [3.8, 4) is 33.4 Å². The fraction of sp³-hybridized carbons (Fsp3) is 0.0435. The minimum absolute atomic E-state index is 0.222. The van der Waals surface area contributed by atoms with E-state index in [-0.39, 0.29) is 5.56 Å². The van der Waals surface area contributed by atoms with Gasteiger partial charge in [-0.25, -0.2) is 15.0 Å². The number of nitrogens with one attached hydrogen (secondary N) is 1. The van der Waals surface area contributed by atoms with Crippen molar-refractivity contribution in [2.75, 3.05) is 7.11 Å². The van der Waals surface area contributed by atoms with Crippen LogP contribution >= 0.6 is 22.7 Å². The summed E-state index contributed by atoms with van der Waals surface area (Å²) in [4.78, 5) is 26.5. The molecule has 5 rings (SSSR count). The van der Waals surface area contributed by atoms with Crippen LogP contribution in [0.5, 0.6) is 5.75 Å². The van der Waals surface area contributed by atoms with E-state index in [2.05, 4.69) is 20.1 Å². The highest BCUT2D eigenvalue weighted by Crippen LogP contribution is 2.27. The minimum Gasteiger partial charge on any atom is -0.497 e. The van der Waals surface area contributed by atoms with Gasteiger partial charge in [0.1, 0.15) is 5.75 Å². The Hall–Kier alpha value is -3.82. The van der Waals surface area contributed by atoms with Gasteiger partial charge in [-0.1, -0.05) is 30.3 Å². The van der Waals surface area contributed by atoms with E-state index >= 15 is 0 Å². The Bertz CT molecular complexity index is 1420. The van der Waals surface area contributed by atoms with E-state index in [1.807, 2.05) is 65.4 Å². The Labute approximate surface area is 191 Å². The lowest BCUT2D eigenvalue weighted by Crippen LogP contribution is -2.17. The van der Waals surface area contributed by atoms with Gasteiger partial charge in [0.2, 0.25) is 10.3 Å². The predicted octanol–water partition coefficient (Wildman–Crippen LogP) is 5.17. The molecule has 158 valence electrons. The van der Waals surface area contributed by atoms with Crippen LogP contribution in [-0.4, -0.2) is 33.1 Å². The lowest BCUT2D eigenvalue weighted by molar-refractivity contribution is 0.415. The van der Waals surface area contributed by atoms with Crippen LogP contribution < -0.4 is 10.3 Å². The largest absolute Gasteiger partial charge is 0.497 e. The molecular weight excluding hydrogens is 442 g/mol. The maximum Gasteiger partial charge on any atom is 0.282 e. The smallest absolute Gasteiger partial charge is 0.282 e. The highest BCUT2D eigenvalue weighted by atomic mass is 32.1. The van der Waals surface area contributed by atoms with E-state index in [4.69, 9.17) is 4.74 Å². The van der Waals surface area contributed by atoms with Crippen LogP contribution in [0.3, 0.4) is 0 Å². The van der Waals surface area contributed by atoms with Gasteiger partial charge in [0, 0.05) is 34.3 Å². The molecule has 3 aromatic heterocycles. The molecule has 7 nitrogen and oxygen atoms in total. The first-order valence-electron chi connectivity index (χ1n) is 9.67. The minimum atomic E-state index is -0.222. The maximum absolute atomic E-state index is 13.3. The number of ether oxygens (including phenoxy) is 1. The van der Waals surface area contributed by atoms with Crippen molar-refractivity contribution in [2.45, 2.75) is 0 Å². The molecule has 0 aliphatic rings. The SMILES string of the molecule is COc1ccc(-c2csc(-n3[nH]c(-c4ccccc4)c(C=Nc4nccs4)c3=O)n2)cc1. The maximum atomic E-state index is 13.3. The number of hydrogen-bond donors (Lipinski definition) is 1. The molecule has 32 heavy (non-hydrogen) atoms. The van der Waals surface area contributed by atoms with Gasteiger partial charge in [-0.2, -0.15) is 4.68 Å². The van der Waals surface area contributed by atoms with Crippen molar-refractivity contribution in [3.63, 3.8) is 0 Å². The van der Waals surface area contributed by atoms with Gasteiger partial charge < -0.3 is 4.74 Å². The van der Waals surface area contributed by atoms with E-state index < -0.39 is 0 Å². The quantitative estimate of drug-likeness (QED) is 0.355. The summed E-state index contributed by atoms with van der Waals surface area (Å²) in [6.45, 7) is 0. The van der Waals surface area contributed by atoms with Gasteiger partial charge in [-0.15, -0.1) is 22.7 Å². The fourth-order valence-corrected chi connectivity index (χ4v) is 4.46. The van der Waals surface area contributed by atoms with Crippen LogP contribution in [0.4, 0.5) is 5.13 Å². The molecular formula is C23H17N5O2S2. The van der Waals surface area contributed by atoms with E-state index in [0.29, 0.717) is 21.5 Å². The van der Waals surface area contributed by atoms with Gasteiger partial charge in [0.15, 0.2) is 0 Å². The van der Waals surface area contributed by atoms with Crippen molar-refractivity contribution in [2.24, 2.45) is 4.99 Å². The predicted molar refractivity (Wildman–Crippen MR) is 129 cm³/mol. The number of nitrogens with zero attached hydrogens (tertiary/aromatic N) is 4. The summed E-state index contributed by atoms with van der Waals surface area (Å²) >= 11 is 2.80. The molecule has 0 spiro atoms. The first-order valence-corrected chi connectivity index (χ1v) is 11.4. The second-order valence-electron chi connectivity index (χ2n) is 6.72. The fourth-order valence-electron chi connectivity index (χ4n) is 3.19. The molecule has 0 saturated carbocycles. The third-order valence-corrected chi connectivity index (χ3v) is 6.29. The summed E-state index contributed by atoms with van der Waals surface area (Å²) in [6, 6.07) is 17.3. The number of rotatable bonds is 6. The molecule has 0 amide bonds. The molecule has 1 N–H and O–H groups in total. The number of aliphatic imine (C=N–C) groups is 1. The third-order valence-electron chi connectivity index (χ3n) is 4.78. The van der Waals surface area contributed by atoms with Crippen molar-refractivity contribution in [1.29, 1.82) is 0 Å². The van der Waals surface area contributed by atoms with E-state index in [1.54, 1.807) is 19.5 Å². The molecule has 0 atom stereocenters. The normalized spacial score (nSPS) is 11.3. The van der Waals surface area contributed by atoms with Crippen LogP contribution in [-0.2, 0) is 0 Å². The number of H-pyrrole nitrogens is 1. The average molecular weight is 460 g/mol. The number of thiazole rings is 2. The first-order chi connectivity index (χ1) is 15.7. The Balaban J connectivity index is 1.57. The van der Waals surface area contributed by atoms with Gasteiger partial charge >= 0.3 is 0 Å². The number of hydrogen-bond acceptors (Lipinski definition) is 7. The van der Waals surface area contributed by atoms with Crippen molar-refractivity contribution in [1.82, 2.24) is 19.7 Å². The van der Waals surface area contributed by atoms with Crippen molar-refractivity contribution < 1.29 is 4.74 Å². The monoisotopic (exact) mass is 459 g/mol. The van der Waals surface area contributed by atoms with E-state index in [9.17, 15) is 4.79 Å². The van der Waals surface area contributed by atoms with E-state index in [0.717, 1.165) is 22.6 Å². The highest BCUT2D eigenvalue weighted by molar-refractivity contribution is 7.13. The molecule has 5 aromatic rings. The Kier molecular flexibility index (Phi) is 5.49. The second kappa shape index (κ2) is 8.74. The summed E-state index contributed by atoms with van der Waals surface area (Å²) in [5, 5.41) is 8.13. The number of aromatic nitrogens is 4. The van der Waals surface area contributed by atoms with Crippen LogP contribution in [0.15, 0.2) is 81.3 Å². The van der Waals surface area contributed by atoms with Crippen LogP contribution in [0.1, 0.15) is 5.56 Å². The number of methoxy groups -OCH3 is 1. The molecule has 2 aromatic carbocycles. The molecule has 0 saturated heterocycles. The Morgan fingerprint density at radius 1 is 1.06 bits per heavy atom. The summed E-state index contributed by atoms with van der Waals surface area (Å²) in [5.41, 5.74) is 3.52. The zero-order valence-corrected chi connectivity index (χ0v) is 18.6. The molecule has 0 radical (unpaired) electrons. The molecule has 0 aliphatic carbocycles. The zero-order chi connectivity index (χ0) is 21.9. The van der Waals surface area contributed by atoms with Crippen LogP contribution in [0, 0.1) is 0 Å². The third kappa shape index (κ3) is 3.91. The summed E-state index contributed by atoms with van der Waals surface area (Å²) in [6.07, 6.45) is 3.25. The second-order valence-corrected chi connectivity index (χ2v) is 8.43. The molecule has 3 heterocycles. The topological polar surface area (TPSA) is 85.2 Å². The van der Waals surface area contributed by atoms with Crippen molar-refractivity contribution >= 4 is 34.0 Å².